The van der Waals surface area contributed by atoms with Crippen LogP contribution in [-0.2, 0) is 4.74 Å². The maximum Gasteiger partial charge on any atom is 0.339 e. The van der Waals surface area contributed by atoms with Gasteiger partial charge < -0.3 is 20.5 Å². The first-order chi connectivity index (χ1) is 8.51. The fraction of sp³-hybridized carbons (Fsp3) is 0.500. The minimum atomic E-state index is -1.03. The van der Waals surface area contributed by atoms with Gasteiger partial charge in [-0.3, -0.25) is 0 Å². The van der Waals surface area contributed by atoms with Crippen LogP contribution >= 0.6 is 0 Å². The number of hydrogen-bond acceptors (Lipinski definition) is 5. The summed E-state index contributed by atoms with van der Waals surface area (Å²) in [4.78, 5) is 17.2. The molecule has 0 radical (unpaired) electrons. The number of anilines is 2. The van der Waals surface area contributed by atoms with Crippen LogP contribution in [0.2, 0.25) is 0 Å². The van der Waals surface area contributed by atoms with Crippen molar-refractivity contribution in [2.24, 2.45) is 0 Å². The van der Waals surface area contributed by atoms with Crippen molar-refractivity contribution in [2.45, 2.75) is 19.9 Å². The summed E-state index contributed by atoms with van der Waals surface area (Å²) >= 11 is 0. The van der Waals surface area contributed by atoms with Gasteiger partial charge in [0.2, 0.25) is 0 Å². The molecule has 0 spiro atoms. The van der Waals surface area contributed by atoms with Crippen molar-refractivity contribution in [3.63, 3.8) is 0 Å². The van der Waals surface area contributed by atoms with Gasteiger partial charge in [0.05, 0.1) is 24.5 Å². The molecule has 0 amide bonds. The van der Waals surface area contributed by atoms with Crippen molar-refractivity contribution in [3.8, 4) is 0 Å². The summed E-state index contributed by atoms with van der Waals surface area (Å²) in [5, 5.41) is 9.19. The lowest BCUT2D eigenvalue weighted by Crippen LogP contribution is -2.37. The number of pyridine rings is 1. The summed E-state index contributed by atoms with van der Waals surface area (Å²) in [6.07, 6.45) is 1.46. The van der Waals surface area contributed by atoms with Crippen LogP contribution in [0.15, 0.2) is 12.3 Å². The standard InChI is InChI=1S/C12H19N3O3/c1-4-15(8(2)7-18-3)11-10(12(16)17)5-9(13)6-14-11/h5-6,8H,4,7,13H2,1-3H3,(H,16,17). The molecule has 1 rings (SSSR count). The second-order valence-electron chi connectivity index (χ2n) is 4.04. The van der Waals surface area contributed by atoms with Crippen LogP contribution in [0.25, 0.3) is 0 Å². The van der Waals surface area contributed by atoms with Crippen LogP contribution in [0.5, 0.6) is 0 Å². The molecule has 18 heavy (non-hydrogen) atoms. The molecule has 0 aliphatic rings. The predicted molar refractivity (Wildman–Crippen MR) is 70.0 cm³/mol. The zero-order chi connectivity index (χ0) is 13.7. The average molecular weight is 253 g/mol. The van der Waals surface area contributed by atoms with Crippen molar-refractivity contribution in [2.75, 3.05) is 30.9 Å². The highest BCUT2D eigenvalue weighted by molar-refractivity contribution is 5.94. The Morgan fingerprint density at radius 1 is 1.67 bits per heavy atom. The Bertz CT molecular complexity index is 423. The third-order valence-electron chi connectivity index (χ3n) is 2.67. The Labute approximate surface area is 106 Å². The van der Waals surface area contributed by atoms with E-state index in [4.69, 9.17) is 10.5 Å². The Morgan fingerprint density at radius 2 is 2.33 bits per heavy atom. The summed E-state index contributed by atoms with van der Waals surface area (Å²) in [6, 6.07) is 1.46. The highest BCUT2D eigenvalue weighted by Crippen LogP contribution is 2.22. The van der Waals surface area contributed by atoms with E-state index in [-0.39, 0.29) is 11.6 Å². The molecule has 0 saturated heterocycles. The summed E-state index contributed by atoms with van der Waals surface area (Å²) in [5.41, 5.74) is 6.02. The molecule has 0 aliphatic carbocycles. The van der Waals surface area contributed by atoms with Crippen LogP contribution in [0.1, 0.15) is 24.2 Å². The van der Waals surface area contributed by atoms with Crippen LogP contribution < -0.4 is 10.6 Å². The summed E-state index contributed by atoms with van der Waals surface area (Å²) in [5.74, 6) is -0.614. The number of carboxylic acid groups (broad SMARTS) is 1. The van der Waals surface area contributed by atoms with Crippen LogP contribution in [0, 0.1) is 0 Å². The molecular weight excluding hydrogens is 234 g/mol. The first-order valence-electron chi connectivity index (χ1n) is 5.75. The van der Waals surface area contributed by atoms with Gasteiger partial charge in [0, 0.05) is 13.7 Å². The second kappa shape index (κ2) is 6.20. The topological polar surface area (TPSA) is 88.7 Å². The molecule has 6 nitrogen and oxygen atoms in total. The molecule has 1 atom stereocenters. The number of nitrogens with two attached hydrogens (primary N) is 1. The van der Waals surface area contributed by atoms with Gasteiger partial charge in [-0.05, 0) is 19.9 Å². The number of hydrogen-bond donors (Lipinski definition) is 2. The fourth-order valence-electron chi connectivity index (χ4n) is 1.86. The first kappa shape index (κ1) is 14.2. The molecule has 1 heterocycles. The van der Waals surface area contributed by atoms with E-state index in [1.807, 2.05) is 18.7 Å². The van der Waals surface area contributed by atoms with E-state index in [1.165, 1.54) is 12.3 Å². The number of carbonyl (C=O) groups is 1. The summed E-state index contributed by atoms with van der Waals surface area (Å²) < 4.78 is 5.09. The number of methoxy groups -OCH3 is 1. The molecule has 6 heteroatoms. The molecular formula is C12H19N3O3. The minimum absolute atomic E-state index is 0.0363. The van der Waals surface area contributed by atoms with Crippen molar-refractivity contribution < 1.29 is 14.6 Å². The third kappa shape index (κ3) is 3.10. The zero-order valence-corrected chi connectivity index (χ0v) is 10.9. The van der Waals surface area contributed by atoms with Crippen LogP contribution in [-0.4, -0.2) is 42.4 Å². The lowest BCUT2D eigenvalue weighted by molar-refractivity contribution is 0.0697. The van der Waals surface area contributed by atoms with Gasteiger partial charge in [0.1, 0.15) is 11.4 Å². The minimum Gasteiger partial charge on any atom is -0.478 e. The lowest BCUT2D eigenvalue weighted by Gasteiger charge is -2.29. The molecule has 1 aromatic heterocycles. The van der Waals surface area contributed by atoms with E-state index in [1.54, 1.807) is 7.11 Å². The molecule has 0 bridgehead atoms. The zero-order valence-electron chi connectivity index (χ0n) is 10.9. The number of likely N-dealkylation sites (N-methyl/N-ethyl adjacent to an activating group) is 1. The third-order valence-corrected chi connectivity index (χ3v) is 2.67. The van der Waals surface area contributed by atoms with Crippen molar-refractivity contribution >= 4 is 17.5 Å². The quantitative estimate of drug-likeness (QED) is 0.792. The van der Waals surface area contributed by atoms with Crippen LogP contribution in [0.4, 0.5) is 11.5 Å². The molecule has 1 aromatic rings. The molecule has 0 saturated carbocycles. The Hall–Kier alpha value is -1.82. The van der Waals surface area contributed by atoms with E-state index < -0.39 is 5.97 Å². The van der Waals surface area contributed by atoms with Gasteiger partial charge in [-0.25, -0.2) is 9.78 Å². The van der Waals surface area contributed by atoms with Gasteiger partial charge >= 0.3 is 5.97 Å². The van der Waals surface area contributed by atoms with Gasteiger partial charge in [-0.15, -0.1) is 0 Å². The van der Waals surface area contributed by atoms with Gasteiger partial charge in [-0.1, -0.05) is 0 Å². The molecule has 1 unspecified atom stereocenters. The van der Waals surface area contributed by atoms with E-state index in [0.717, 1.165) is 0 Å². The predicted octanol–water partition coefficient (Wildman–Crippen LogP) is 1.22. The van der Waals surface area contributed by atoms with Crippen LogP contribution in [0.3, 0.4) is 0 Å². The normalized spacial score (nSPS) is 12.2. The van der Waals surface area contributed by atoms with Crippen molar-refractivity contribution in [1.82, 2.24) is 4.98 Å². The lowest BCUT2D eigenvalue weighted by atomic mass is 10.2. The Morgan fingerprint density at radius 3 is 2.83 bits per heavy atom. The van der Waals surface area contributed by atoms with E-state index in [9.17, 15) is 9.90 Å². The Balaban J connectivity index is 3.16. The number of rotatable bonds is 6. The largest absolute Gasteiger partial charge is 0.478 e. The summed E-state index contributed by atoms with van der Waals surface area (Å²) in [6.45, 7) is 5.03. The smallest absolute Gasteiger partial charge is 0.339 e. The first-order valence-corrected chi connectivity index (χ1v) is 5.75. The molecule has 100 valence electrons. The number of nitrogen functional groups attached to an aromatic ring is 1. The van der Waals surface area contributed by atoms with E-state index in [2.05, 4.69) is 4.98 Å². The number of carboxylic acids is 1. The monoisotopic (exact) mass is 253 g/mol. The highest BCUT2D eigenvalue weighted by atomic mass is 16.5. The molecule has 0 fully saturated rings. The van der Waals surface area contributed by atoms with Gasteiger partial charge in [-0.2, -0.15) is 0 Å². The van der Waals surface area contributed by atoms with Crippen molar-refractivity contribution in [1.29, 1.82) is 0 Å². The average Bonchev–Trinajstić information content (AvgIpc) is 2.32. The number of aromatic nitrogens is 1. The highest BCUT2D eigenvalue weighted by Gasteiger charge is 2.21. The fourth-order valence-corrected chi connectivity index (χ4v) is 1.86. The van der Waals surface area contributed by atoms with Gasteiger partial charge in [0.25, 0.3) is 0 Å². The molecule has 0 aliphatic heterocycles. The number of nitrogens with zero attached hydrogens (tertiary/aromatic N) is 2. The second-order valence-corrected chi connectivity index (χ2v) is 4.04. The number of ether oxygens (including phenoxy) is 1. The maximum atomic E-state index is 11.2. The van der Waals surface area contributed by atoms with E-state index in [0.29, 0.717) is 24.7 Å². The number of aromatic carboxylic acids is 1. The maximum absolute atomic E-state index is 11.2. The van der Waals surface area contributed by atoms with E-state index >= 15 is 0 Å². The Kier molecular flexibility index (Phi) is 4.91. The van der Waals surface area contributed by atoms with Crippen molar-refractivity contribution in [3.05, 3.63) is 17.8 Å². The molecule has 3 N–H and O–H groups in total. The summed E-state index contributed by atoms with van der Waals surface area (Å²) in [7, 11) is 1.61. The SMILES string of the molecule is CCN(c1ncc(N)cc1C(=O)O)C(C)COC. The molecule has 0 aromatic carbocycles. The van der Waals surface area contributed by atoms with Gasteiger partial charge in [0.15, 0.2) is 0 Å².